The van der Waals surface area contributed by atoms with Gasteiger partial charge in [-0.15, -0.1) is 24.0 Å². The summed E-state index contributed by atoms with van der Waals surface area (Å²) in [7, 11) is 0. The Morgan fingerprint density at radius 1 is 1.06 bits per heavy atom. The first-order chi connectivity index (χ1) is 14.5. The fourth-order valence-corrected chi connectivity index (χ4v) is 2.86. The first-order valence-corrected chi connectivity index (χ1v) is 9.58. The van der Waals surface area contributed by atoms with Gasteiger partial charge >= 0.3 is 6.18 Å². The number of benzene rings is 2. The number of guanidine groups is 1. The highest BCUT2D eigenvalue weighted by Gasteiger charge is 2.29. The predicted octanol–water partition coefficient (Wildman–Crippen LogP) is 4.41. The van der Waals surface area contributed by atoms with Gasteiger partial charge in [-0.1, -0.05) is 30.3 Å². The van der Waals surface area contributed by atoms with Crippen LogP contribution < -0.4 is 10.6 Å². The molecule has 0 saturated carbocycles. The second-order valence-electron chi connectivity index (χ2n) is 6.60. The van der Waals surface area contributed by atoms with E-state index in [0.29, 0.717) is 37.8 Å². The molecule has 6 nitrogen and oxygen atoms in total. The minimum Gasteiger partial charge on any atom is -0.357 e. The Kier molecular flexibility index (Phi) is 9.28. The van der Waals surface area contributed by atoms with E-state index < -0.39 is 11.7 Å². The van der Waals surface area contributed by atoms with Crippen molar-refractivity contribution in [1.29, 1.82) is 0 Å². The number of halogens is 4. The Morgan fingerprint density at radius 2 is 1.84 bits per heavy atom. The second kappa shape index (κ2) is 11.7. The minimum absolute atomic E-state index is 0. The molecule has 1 heterocycles. The van der Waals surface area contributed by atoms with Crippen LogP contribution in [0, 0.1) is 0 Å². The molecule has 0 spiro atoms. The van der Waals surface area contributed by atoms with Gasteiger partial charge in [0.2, 0.25) is 0 Å². The first kappa shape index (κ1) is 24.6. The average Bonchev–Trinajstić information content (AvgIpc) is 3.27. The molecule has 3 N–H and O–H groups in total. The lowest BCUT2D eigenvalue weighted by atomic mass is 10.1. The van der Waals surface area contributed by atoms with Crippen LogP contribution in [-0.4, -0.2) is 34.2 Å². The molecule has 0 aliphatic rings. The third kappa shape index (κ3) is 7.53. The van der Waals surface area contributed by atoms with Crippen molar-refractivity contribution < 1.29 is 13.2 Å². The highest BCUT2D eigenvalue weighted by Crippen LogP contribution is 2.29. The lowest BCUT2D eigenvalue weighted by Gasteiger charge is -2.12. The van der Waals surface area contributed by atoms with Gasteiger partial charge in [-0.2, -0.15) is 18.3 Å². The number of aromatic amines is 1. The molecule has 166 valence electrons. The number of nitrogens with zero attached hydrogens (tertiary/aromatic N) is 3. The maximum Gasteiger partial charge on any atom is 0.416 e. The Balaban J connectivity index is 0.00000341. The standard InChI is InChI=1S/C21H23F3N6.HI/c1-2-25-20(26-11-10-15-6-8-18(9-7-15)21(22,23)24)27-13-16-4-3-5-17(12-16)19-28-14-29-30-19;/h3-9,12,14H,2,10-11,13H2,1H3,(H2,25,26,27)(H,28,29,30);1H. The van der Waals surface area contributed by atoms with Gasteiger partial charge in [0.1, 0.15) is 6.33 Å². The quantitative estimate of drug-likeness (QED) is 0.234. The average molecular weight is 544 g/mol. The molecule has 0 atom stereocenters. The molecule has 3 rings (SSSR count). The molecule has 0 bridgehead atoms. The number of hydrogen-bond acceptors (Lipinski definition) is 3. The molecule has 1 aromatic heterocycles. The summed E-state index contributed by atoms with van der Waals surface area (Å²) in [4.78, 5) is 8.73. The van der Waals surface area contributed by atoms with Crippen LogP contribution in [-0.2, 0) is 19.1 Å². The Bertz CT molecular complexity index is 956. The van der Waals surface area contributed by atoms with Gasteiger partial charge in [0.05, 0.1) is 12.1 Å². The second-order valence-corrected chi connectivity index (χ2v) is 6.60. The zero-order valence-corrected chi connectivity index (χ0v) is 19.2. The fourth-order valence-electron chi connectivity index (χ4n) is 2.86. The SMILES string of the molecule is CCNC(=NCc1cccc(-c2ncn[nH]2)c1)NCCc1ccc(C(F)(F)F)cc1.I. The van der Waals surface area contributed by atoms with E-state index in [1.807, 2.05) is 31.2 Å². The summed E-state index contributed by atoms with van der Waals surface area (Å²) in [6.07, 6.45) is -2.26. The van der Waals surface area contributed by atoms with E-state index >= 15 is 0 Å². The number of alkyl halides is 3. The summed E-state index contributed by atoms with van der Waals surface area (Å²) in [5, 5.41) is 13.1. The molecule has 0 unspecified atom stereocenters. The topological polar surface area (TPSA) is 78.0 Å². The van der Waals surface area contributed by atoms with Gasteiger partial charge in [0, 0.05) is 18.7 Å². The van der Waals surface area contributed by atoms with Crippen LogP contribution in [0.4, 0.5) is 13.2 Å². The highest BCUT2D eigenvalue weighted by atomic mass is 127. The summed E-state index contributed by atoms with van der Waals surface area (Å²) in [6, 6.07) is 13.1. The van der Waals surface area contributed by atoms with Crippen LogP contribution in [0.1, 0.15) is 23.6 Å². The Morgan fingerprint density at radius 3 is 2.48 bits per heavy atom. The fraction of sp³-hybridized carbons (Fsp3) is 0.286. The first-order valence-electron chi connectivity index (χ1n) is 9.58. The molecule has 2 aromatic carbocycles. The van der Waals surface area contributed by atoms with E-state index in [1.165, 1.54) is 18.5 Å². The molecule has 3 aromatic rings. The number of nitrogens with one attached hydrogen (secondary N) is 3. The van der Waals surface area contributed by atoms with Gasteiger partial charge in [-0.3, -0.25) is 5.10 Å². The van der Waals surface area contributed by atoms with Crippen LogP contribution in [0.15, 0.2) is 59.9 Å². The van der Waals surface area contributed by atoms with Gasteiger partial charge in [0.25, 0.3) is 0 Å². The van der Waals surface area contributed by atoms with E-state index in [1.54, 1.807) is 0 Å². The number of aliphatic imine (C=N–C) groups is 1. The van der Waals surface area contributed by atoms with Crippen molar-refractivity contribution in [3.05, 3.63) is 71.5 Å². The normalized spacial score (nSPS) is 11.7. The number of hydrogen-bond donors (Lipinski definition) is 3. The van der Waals surface area contributed by atoms with Gasteiger partial charge < -0.3 is 10.6 Å². The molecule has 0 aliphatic carbocycles. The van der Waals surface area contributed by atoms with Crippen molar-refractivity contribution in [3.8, 4) is 11.4 Å². The third-order valence-electron chi connectivity index (χ3n) is 4.37. The van der Waals surface area contributed by atoms with E-state index in [4.69, 9.17) is 0 Å². The zero-order chi connectivity index (χ0) is 21.4. The number of H-pyrrole nitrogens is 1. The van der Waals surface area contributed by atoms with Crippen molar-refractivity contribution in [3.63, 3.8) is 0 Å². The molecular weight excluding hydrogens is 520 g/mol. The lowest BCUT2D eigenvalue weighted by molar-refractivity contribution is -0.137. The van der Waals surface area contributed by atoms with Crippen LogP contribution in [0.2, 0.25) is 0 Å². The van der Waals surface area contributed by atoms with E-state index in [0.717, 1.165) is 28.8 Å². The molecule has 0 aliphatic heterocycles. The van der Waals surface area contributed by atoms with Crippen LogP contribution in [0.3, 0.4) is 0 Å². The van der Waals surface area contributed by atoms with Gasteiger partial charge in [0.15, 0.2) is 11.8 Å². The predicted molar refractivity (Wildman–Crippen MR) is 125 cm³/mol. The summed E-state index contributed by atoms with van der Waals surface area (Å²) >= 11 is 0. The highest BCUT2D eigenvalue weighted by molar-refractivity contribution is 14.0. The lowest BCUT2D eigenvalue weighted by Crippen LogP contribution is -2.38. The number of rotatable bonds is 7. The van der Waals surface area contributed by atoms with Gasteiger partial charge in [-0.05, 0) is 42.7 Å². The molecule has 0 radical (unpaired) electrons. The van der Waals surface area contributed by atoms with Gasteiger partial charge in [-0.25, -0.2) is 9.98 Å². The summed E-state index contributed by atoms with van der Waals surface area (Å²) < 4.78 is 37.9. The summed E-state index contributed by atoms with van der Waals surface area (Å²) in [6.45, 7) is 3.69. The minimum atomic E-state index is -4.31. The zero-order valence-electron chi connectivity index (χ0n) is 16.9. The third-order valence-corrected chi connectivity index (χ3v) is 4.37. The molecule has 0 saturated heterocycles. The monoisotopic (exact) mass is 544 g/mol. The Labute approximate surface area is 195 Å². The molecule has 0 fully saturated rings. The van der Waals surface area contributed by atoms with Crippen molar-refractivity contribution in [2.24, 2.45) is 4.99 Å². The summed E-state index contributed by atoms with van der Waals surface area (Å²) in [5.41, 5.74) is 2.14. The van der Waals surface area contributed by atoms with Crippen LogP contribution in [0.5, 0.6) is 0 Å². The summed E-state index contributed by atoms with van der Waals surface area (Å²) in [5.74, 6) is 1.34. The number of aromatic nitrogens is 3. The van der Waals surface area contributed by atoms with Crippen molar-refractivity contribution in [2.75, 3.05) is 13.1 Å². The van der Waals surface area contributed by atoms with Crippen LogP contribution in [0.25, 0.3) is 11.4 Å². The van der Waals surface area contributed by atoms with Crippen molar-refractivity contribution in [2.45, 2.75) is 26.1 Å². The largest absolute Gasteiger partial charge is 0.416 e. The van der Waals surface area contributed by atoms with Crippen molar-refractivity contribution in [1.82, 2.24) is 25.8 Å². The Hall–Kier alpha value is -2.63. The molecular formula is C21H24F3IN6. The van der Waals surface area contributed by atoms with Crippen LogP contribution >= 0.6 is 24.0 Å². The van der Waals surface area contributed by atoms with E-state index in [9.17, 15) is 13.2 Å². The van der Waals surface area contributed by atoms with E-state index in [-0.39, 0.29) is 24.0 Å². The van der Waals surface area contributed by atoms with E-state index in [2.05, 4.69) is 30.8 Å². The molecule has 0 amide bonds. The van der Waals surface area contributed by atoms with Crippen molar-refractivity contribution >= 4 is 29.9 Å². The maximum absolute atomic E-state index is 12.6. The molecule has 31 heavy (non-hydrogen) atoms. The molecule has 10 heteroatoms. The smallest absolute Gasteiger partial charge is 0.357 e. The maximum atomic E-state index is 12.6.